The lowest BCUT2D eigenvalue weighted by molar-refractivity contribution is 0.565. The monoisotopic (exact) mass is 250 g/mol. The van der Waals surface area contributed by atoms with Gasteiger partial charge in [-0.2, -0.15) is 0 Å². The van der Waals surface area contributed by atoms with Gasteiger partial charge < -0.3 is 10.3 Å². The minimum atomic E-state index is 0.674. The molecular formula is C16H30N2. The fourth-order valence-electron chi connectivity index (χ4n) is 2.57. The van der Waals surface area contributed by atoms with Crippen molar-refractivity contribution in [2.75, 3.05) is 0 Å². The lowest BCUT2D eigenvalue weighted by Crippen LogP contribution is -2.06. The Bertz CT molecular complexity index is 339. The van der Waals surface area contributed by atoms with Gasteiger partial charge in [0.25, 0.3) is 0 Å². The van der Waals surface area contributed by atoms with Crippen LogP contribution < -0.4 is 5.73 Å². The summed E-state index contributed by atoms with van der Waals surface area (Å²) in [5.74, 6) is 0. The van der Waals surface area contributed by atoms with E-state index in [0.717, 1.165) is 0 Å². The van der Waals surface area contributed by atoms with Gasteiger partial charge in [0.2, 0.25) is 0 Å². The first-order valence-corrected chi connectivity index (χ1v) is 7.62. The van der Waals surface area contributed by atoms with Crippen LogP contribution in [0.15, 0.2) is 6.07 Å². The van der Waals surface area contributed by atoms with Gasteiger partial charge in [-0.25, -0.2) is 0 Å². The molecular weight excluding hydrogens is 220 g/mol. The zero-order valence-corrected chi connectivity index (χ0v) is 12.5. The second kappa shape index (κ2) is 8.36. The van der Waals surface area contributed by atoms with E-state index in [2.05, 4.69) is 31.4 Å². The van der Waals surface area contributed by atoms with Crippen LogP contribution in [0.2, 0.25) is 0 Å². The Hall–Kier alpha value is -0.760. The molecule has 0 saturated carbocycles. The normalized spacial score (nSPS) is 11.1. The highest BCUT2D eigenvalue weighted by atomic mass is 15.0. The van der Waals surface area contributed by atoms with Gasteiger partial charge in [-0.05, 0) is 37.8 Å². The summed E-state index contributed by atoms with van der Waals surface area (Å²) >= 11 is 0. The minimum Gasteiger partial charge on any atom is -0.349 e. The number of aryl methyl sites for hydroxylation is 1. The maximum absolute atomic E-state index is 5.83. The summed E-state index contributed by atoms with van der Waals surface area (Å²) in [6.45, 7) is 8.58. The molecule has 1 rings (SSSR count). The molecule has 0 unspecified atom stereocenters. The molecule has 0 bridgehead atoms. The van der Waals surface area contributed by atoms with Crippen LogP contribution in [0.5, 0.6) is 0 Å². The molecule has 0 amide bonds. The van der Waals surface area contributed by atoms with Crippen molar-refractivity contribution in [1.29, 1.82) is 0 Å². The molecule has 104 valence electrons. The van der Waals surface area contributed by atoms with Gasteiger partial charge in [-0.1, -0.05) is 39.5 Å². The average molecular weight is 250 g/mol. The zero-order chi connectivity index (χ0) is 13.4. The summed E-state index contributed by atoms with van der Waals surface area (Å²) in [6, 6.07) is 2.33. The summed E-state index contributed by atoms with van der Waals surface area (Å²) in [7, 11) is 0. The molecule has 1 aromatic rings. The van der Waals surface area contributed by atoms with Crippen molar-refractivity contribution in [2.45, 2.75) is 78.8 Å². The summed E-state index contributed by atoms with van der Waals surface area (Å²) in [6.07, 6.45) is 9.03. The highest BCUT2D eigenvalue weighted by Crippen LogP contribution is 2.18. The standard InChI is InChI=1S/C16H30N2/c1-4-6-8-10-16-12-15(13-17)14(3)18(16)11-9-7-5-2/h12H,4-11,13,17H2,1-3H3. The van der Waals surface area contributed by atoms with E-state index >= 15 is 0 Å². The smallest absolute Gasteiger partial charge is 0.0224 e. The second-order valence-electron chi connectivity index (χ2n) is 5.27. The number of nitrogens with zero attached hydrogens (tertiary/aromatic N) is 1. The van der Waals surface area contributed by atoms with Crippen molar-refractivity contribution >= 4 is 0 Å². The molecule has 0 aliphatic heterocycles. The molecule has 0 fully saturated rings. The highest BCUT2D eigenvalue weighted by Gasteiger charge is 2.10. The summed E-state index contributed by atoms with van der Waals surface area (Å²) in [5, 5.41) is 0. The maximum atomic E-state index is 5.83. The van der Waals surface area contributed by atoms with Gasteiger partial charge >= 0.3 is 0 Å². The summed E-state index contributed by atoms with van der Waals surface area (Å²) < 4.78 is 2.51. The molecule has 1 aromatic heterocycles. The van der Waals surface area contributed by atoms with Crippen molar-refractivity contribution in [3.05, 3.63) is 23.0 Å². The van der Waals surface area contributed by atoms with Crippen LogP contribution in [0.4, 0.5) is 0 Å². The SMILES string of the molecule is CCCCCc1cc(CN)c(C)n1CCCCC. The molecule has 0 spiro atoms. The van der Waals surface area contributed by atoms with Gasteiger partial charge in [0.1, 0.15) is 0 Å². The Balaban J connectivity index is 2.72. The third-order valence-electron chi connectivity index (χ3n) is 3.80. The lowest BCUT2D eigenvalue weighted by Gasteiger charge is -2.11. The number of nitrogens with two attached hydrogens (primary N) is 1. The Morgan fingerprint density at radius 1 is 1.06 bits per heavy atom. The van der Waals surface area contributed by atoms with Crippen molar-refractivity contribution in [1.82, 2.24) is 4.57 Å². The summed E-state index contributed by atoms with van der Waals surface area (Å²) in [4.78, 5) is 0. The second-order valence-corrected chi connectivity index (χ2v) is 5.27. The van der Waals surface area contributed by atoms with E-state index in [4.69, 9.17) is 5.73 Å². The summed E-state index contributed by atoms with van der Waals surface area (Å²) in [5.41, 5.74) is 10.0. The molecule has 2 nitrogen and oxygen atoms in total. The Kier molecular flexibility index (Phi) is 7.11. The molecule has 18 heavy (non-hydrogen) atoms. The molecule has 0 aliphatic rings. The number of hydrogen-bond donors (Lipinski definition) is 1. The number of aromatic nitrogens is 1. The predicted octanol–water partition coefficient (Wildman–Crippen LogP) is 4.18. The van der Waals surface area contributed by atoms with Crippen LogP contribution in [0.25, 0.3) is 0 Å². The van der Waals surface area contributed by atoms with E-state index in [1.54, 1.807) is 0 Å². The van der Waals surface area contributed by atoms with Gasteiger partial charge in [0, 0.05) is 24.5 Å². The van der Waals surface area contributed by atoms with E-state index in [1.165, 1.54) is 68.4 Å². The Labute approximate surface area is 113 Å². The topological polar surface area (TPSA) is 30.9 Å². The van der Waals surface area contributed by atoms with E-state index in [9.17, 15) is 0 Å². The number of unbranched alkanes of at least 4 members (excludes halogenated alkanes) is 4. The van der Waals surface area contributed by atoms with Gasteiger partial charge in [-0.3, -0.25) is 0 Å². The number of hydrogen-bond acceptors (Lipinski definition) is 1. The van der Waals surface area contributed by atoms with Gasteiger partial charge in [0.05, 0.1) is 0 Å². The quantitative estimate of drug-likeness (QED) is 0.655. The van der Waals surface area contributed by atoms with Crippen LogP contribution in [0, 0.1) is 6.92 Å². The molecule has 2 heteroatoms. The molecule has 0 aliphatic carbocycles. The molecule has 0 saturated heterocycles. The molecule has 0 radical (unpaired) electrons. The third kappa shape index (κ3) is 4.16. The number of rotatable bonds is 9. The lowest BCUT2D eigenvalue weighted by atomic mass is 10.1. The van der Waals surface area contributed by atoms with E-state index in [-0.39, 0.29) is 0 Å². The highest BCUT2D eigenvalue weighted by molar-refractivity contribution is 5.27. The first-order chi connectivity index (χ1) is 8.74. The van der Waals surface area contributed by atoms with E-state index < -0.39 is 0 Å². The van der Waals surface area contributed by atoms with Crippen molar-refractivity contribution in [3.8, 4) is 0 Å². The Morgan fingerprint density at radius 3 is 2.33 bits per heavy atom. The van der Waals surface area contributed by atoms with Gasteiger partial charge in [0.15, 0.2) is 0 Å². The van der Waals surface area contributed by atoms with Crippen LogP contribution in [-0.2, 0) is 19.5 Å². The fraction of sp³-hybridized carbons (Fsp3) is 0.750. The predicted molar refractivity (Wildman–Crippen MR) is 79.8 cm³/mol. The van der Waals surface area contributed by atoms with Crippen LogP contribution in [-0.4, -0.2) is 4.57 Å². The van der Waals surface area contributed by atoms with Gasteiger partial charge in [-0.15, -0.1) is 0 Å². The minimum absolute atomic E-state index is 0.674. The van der Waals surface area contributed by atoms with Crippen molar-refractivity contribution in [2.24, 2.45) is 5.73 Å². The first kappa shape index (κ1) is 15.3. The van der Waals surface area contributed by atoms with Crippen molar-refractivity contribution < 1.29 is 0 Å². The molecule has 0 atom stereocenters. The van der Waals surface area contributed by atoms with Crippen LogP contribution >= 0.6 is 0 Å². The third-order valence-corrected chi connectivity index (χ3v) is 3.80. The average Bonchev–Trinajstić information content (AvgIpc) is 2.67. The molecule has 1 heterocycles. The van der Waals surface area contributed by atoms with Crippen LogP contribution in [0.3, 0.4) is 0 Å². The Morgan fingerprint density at radius 2 is 1.72 bits per heavy atom. The fourth-order valence-corrected chi connectivity index (χ4v) is 2.57. The molecule has 0 aromatic carbocycles. The first-order valence-electron chi connectivity index (χ1n) is 7.62. The maximum Gasteiger partial charge on any atom is 0.0224 e. The van der Waals surface area contributed by atoms with E-state index in [1.807, 2.05) is 0 Å². The zero-order valence-electron chi connectivity index (χ0n) is 12.5. The van der Waals surface area contributed by atoms with Crippen molar-refractivity contribution in [3.63, 3.8) is 0 Å². The molecule has 2 N–H and O–H groups in total. The van der Waals surface area contributed by atoms with Crippen LogP contribution in [0.1, 0.15) is 69.3 Å². The van der Waals surface area contributed by atoms with E-state index in [0.29, 0.717) is 6.54 Å². The largest absolute Gasteiger partial charge is 0.349 e.